The maximum absolute atomic E-state index is 13.7. The first kappa shape index (κ1) is 16.7. The highest BCUT2D eigenvalue weighted by molar-refractivity contribution is 6.31. The van der Waals surface area contributed by atoms with Gasteiger partial charge < -0.3 is 5.11 Å². The fourth-order valence-electron chi connectivity index (χ4n) is 1.87. The molecule has 1 unspecified atom stereocenters. The molecule has 1 N–H and O–H groups in total. The Morgan fingerprint density at radius 1 is 1.10 bits per heavy atom. The summed E-state index contributed by atoms with van der Waals surface area (Å²) in [6.45, 7) is 6.05. The summed E-state index contributed by atoms with van der Waals surface area (Å²) in [6.07, 6.45) is -0.110. The van der Waals surface area contributed by atoms with Gasteiger partial charge in [-0.3, -0.25) is 0 Å². The van der Waals surface area contributed by atoms with Gasteiger partial charge in [0, 0.05) is 10.6 Å². The van der Waals surface area contributed by atoms with E-state index in [1.54, 1.807) is 18.2 Å². The maximum atomic E-state index is 13.7. The van der Waals surface area contributed by atoms with E-state index in [-0.39, 0.29) is 10.6 Å². The van der Waals surface area contributed by atoms with Crippen LogP contribution in [0.2, 0.25) is 5.02 Å². The Morgan fingerprint density at radius 3 is 2.20 bits per heavy atom. The molecule has 0 amide bonds. The van der Waals surface area contributed by atoms with Crippen LogP contribution in [0.15, 0.2) is 42.5 Å². The number of aliphatic hydroxyl groups is 1. The molecule has 1 atom stereocenters. The van der Waals surface area contributed by atoms with Gasteiger partial charge in [-0.05, 0) is 29.7 Å². The predicted octanol–water partition coefficient (Wildman–Crippen LogP) is 5.15. The molecule has 3 heteroatoms. The van der Waals surface area contributed by atoms with Crippen LogP contribution in [-0.4, -0.2) is 5.11 Å². The lowest BCUT2D eigenvalue weighted by atomic mass is 9.99. The van der Waals surface area contributed by atoms with Crippen LogP contribution in [-0.2, 0) is 6.42 Å². The molecule has 0 aliphatic carbocycles. The average Bonchev–Trinajstić information content (AvgIpc) is 2.49. The molecule has 20 heavy (non-hydrogen) atoms. The van der Waals surface area contributed by atoms with Crippen LogP contribution in [0.25, 0.3) is 0 Å². The molecule has 0 spiro atoms. The van der Waals surface area contributed by atoms with Gasteiger partial charge in [0.2, 0.25) is 0 Å². The zero-order valence-corrected chi connectivity index (χ0v) is 12.8. The van der Waals surface area contributed by atoms with E-state index in [2.05, 4.69) is 6.92 Å². The van der Waals surface area contributed by atoms with E-state index in [0.717, 1.165) is 6.42 Å². The first-order valence-corrected chi connectivity index (χ1v) is 7.22. The number of halogens is 2. The number of rotatable bonds is 3. The Balaban J connectivity index is 0.000000956. The third-order valence-electron chi connectivity index (χ3n) is 2.98. The van der Waals surface area contributed by atoms with Gasteiger partial charge in [0.15, 0.2) is 0 Å². The summed E-state index contributed by atoms with van der Waals surface area (Å²) in [5.41, 5.74) is 1.94. The zero-order valence-electron chi connectivity index (χ0n) is 12.0. The molecule has 108 valence electrons. The number of hydrogen-bond acceptors (Lipinski definition) is 1. The summed E-state index contributed by atoms with van der Waals surface area (Å²) in [5, 5.41) is 10.4. The minimum absolute atomic E-state index is 0.128. The summed E-state index contributed by atoms with van der Waals surface area (Å²) in [7, 11) is 0. The molecular formula is C17H20ClFO. The van der Waals surface area contributed by atoms with Crippen molar-refractivity contribution in [1.82, 2.24) is 0 Å². The quantitative estimate of drug-likeness (QED) is 0.830. The van der Waals surface area contributed by atoms with Gasteiger partial charge >= 0.3 is 0 Å². The first-order valence-electron chi connectivity index (χ1n) is 6.84. The predicted molar refractivity (Wildman–Crippen MR) is 82.6 cm³/mol. The van der Waals surface area contributed by atoms with Gasteiger partial charge in [0.1, 0.15) is 11.9 Å². The first-order chi connectivity index (χ1) is 9.63. The summed E-state index contributed by atoms with van der Waals surface area (Å²) in [5.74, 6) is -0.491. The minimum atomic E-state index is -1.04. The van der Waals surface area contributed by atoms with Crippen LogP contribution in [0.5, 0.6) is 0 Å². The molecule has 0 bridgehead atoms. The molecule has 0 saturated heterocycles. The van der Waals surface area contributed by atoms with Crippen molar-refractivity contribution < 1.29 is 9.50 Å². The molecule has 2 aromatic rings. The van der Waals surface area contributed by atoms with Crippen molar-refractivity contribution in [1.29, 1.82) is 0 Å². The second-order valence-electron chi connectivity index (χ2n) is 4.13. The smallest absolute Gasteiger partial charge is 0.130 e. The summed E-state index contributed by atoms with van der Waals surface area (Å²) < 4.78 is 13.7. The second kappa shape index (κ2) is 8.03. The summed E-state index contributed by atoms with van der Waals surface area (Å²) in [6, 6.07) is 11.8. The Labute approximate surface area is 125 Å². The van der Waals surface area contributed by atoms with Crippen molar-refractivity contribution in [3.63, 3.8) is 0 Å². The third kappa shape index (κ3) is 3.81. The molecule has 0 aliphatic heterocycles. The van der Waals surface area contributed by atoms with Gasteiger partial charge in [-0.25, -0.2) is 4.39 Å². The highest BCUT2D eigenvalue weighted by atomic mass is 35.5. The summed E-state index contributed by atoms with van der Waals surface area (Å²) in [4.78, 5) is 0. The number of benzene rings is 2. The molecule has 0 aliphatic rings. The van der Waals surface area contributed by atoms with Crippen LogP contribution in [0.4, 0.5) is 4.39 Å². The Morgan fingerprint density at radius 2 is 1.70 bits per heavy atom. The number of aliphatic hydroxyl groups excluding tert-OH is 1. The fourth-order valence-corrected chi connectivity index (χ4v) is 2.14. The van der Waals surface area contributed by atoms with Crippen molar-refractivity contribution >= 4 is 11.6 Å². The number of hydrogen-bond donors (Lipinski definition) is 1. The van der Waals surface area contributed by atoms with E-state index in [1.165, 1.54) is 17.7 Å². The second-order valence-corrected chi connectivity index (χ2v) is 4.54. The van der Waals surface area contributed by atoms with E-state index in [1.807, 2.05) is 26.0 Å². The molecule has 0 heterocycles. The topological polar surface area (TPSA) is 20.2 Å². The van der Waals surface area contributed by atoms with E-state index in [4.69, 9.17) is 11.6 Å². The maximum Gasteiger partial charge on any atom is 0.130 e. The number of aryl methyl sites for hydroxylation is 1. The van der Waals surface area contributed by atoms with Crippen molar-refractivity contribution in [2.24, 2.45) is 0 Å². The third-order valence-corrected chi connectivity index (χ3v) is 3.31. The lowest BCUT2D eigenvalue weighted by Gasteiger charge is -2.14. The van der Waals surface area contributed by atoms with Crippen molar-refractivity contribution in [2.45, 2.75) is 33.3 Å². The van der Waals surface area contributed by atoms with Gasteiger partial charge in [0.25, 0.3) is 0 Å². The average molecular weight is 295 g/mol. The molecule has 2 aromatic carbocycles. The lowest BCUT2D eigenvalue weighted by Crippen LogP contribution is -2.03. The molecule has 0 fully saturated rings. The summed E-state index contributed by atoms with van der Waals surface area (Å²) >= 11 is 5.93. The van der Waals surface area contributed by atoms with Crippen molar-refractivity contribution in [3.05, 3.63) is 70.0 Å². The lowest BCUT2D eigenvalue weighted by molar-refractivity contribution is 0.215. The van der Waals surface area contributed by atoms with Crippen LogP contribution in [0.3, 0.4) is 0 Å². The Kier molecular flexibility index (Phi) is 6.69. The standard InChI is InChI=1S/C15H14ClFO.C2H6/c1-2-10-6-8-11(9-7-10)15(18)14-12(16)4-3-5-13(14)17;1-2/h3-9,15,18H,2H2,1H3;1-2H3. The van der Waals surface area contributed by atoms with Gasteiger partial charge in [-0.1, -0.05) is 62.7 Å². The largest absolute Gasteiger partial charge is 0.383 e. The Hall–Kier alpha value is -1.38. The van der Waals surface area contributed by atoms with E-state index >= 15 is 0 Å². The molecule has 2 rings (SSSR count). The molecular weight excluding hydrogens is 275 g/mol. The normalized spacial score (nSPS) is 11.5. The van der Waals surface area contributed by atoms with Crippen molar-refractivity contribution in [3.8, 4) is 0 Å². The van der Waals surface area contributed by atoms with Gasteiger partial charge in [-0.2, -0.15) is 0 Å². The van der Waals surface area contributed by atoms with E-state index in [0.29, 0.717) is 5.56 Å². The fraction of sp³-hybridized carbons (Fsp3) is 0.294. The van der Waals surface area contributed by atoms with Crippen LogP contribution >= 0.6 is 11.6 Å². The Bertz CT molecular complexity index is 517. The molecule has 1 nitrogen and oxygen atoms in total. The molecule has 0 aromatic heterocycles. The highest BCUT2D eigenvalue weighted by Gasteiger charge is 2.18. The van der Waals surface area contributed by atoms with Crippen LogP contribution in [0, 0.1) is 5.82 Å². The van der Waals surface area contributed by atoms with Gasteiger partial charge in [0.05, 0.1) is 0 Å². The highest BCUT2D eigenvalue weighted by Crippen LogP contribution is 2.30. The zero-order chi connectivity index (χ0) is 15.1. The monoisotopic (exact) mass is 294 g/mol. The minimum Gasteiger partial charge on any atom is -0.383 e. The molecule has 0 radical (unpaired) electrons. The van der Waals surface area contributed by atoms with Crippen LogP contribution in [0.1, 0.15) is 43.6 Å². The van der Waals surface area contributed by atoms with E-state index in [9.17, 15) is 9.50 Å². The van der Waals surface area contributed by atoms with E-state index < -0.39 is 11.9 Å². The SMILES string of the molecule is CC.CCc1ccc(C(O)c2c(F)cccc2Cl)cc1. The van der Waals surface area contributed by atoms with Gasteiger partial charge in [-0.15, -0.1) is 0 Å². The van der Waals surface area contributed by atoms with Crippen molar-refractivity contribution in [2.75, 3.05) is 0 Å². The van der Waals surface area contributed by atoms with Crippen LogP contribution < -0.4 is 0 Å². The molecule has 0 saturated carbocycles.